The summed E-state index contributed by atoms with van der Waals surface area (Å²) < 4.78 is 22.0. The quantitative estimate of drug-likeness (QED) is 0.690. The molecule has 0 aliphatic rings. The molecule has 0 fully saturated rings. The lowest BCUT2D eigenvalue weighted by atomic mass is 10.1. The van der Waals surface area contributed by atoms with Crippen molar-refractivity contribution in [3.05, 3.63) is 23.8 Å². The van der Waals surface area contributed by atoms with Gasteiger partial charge in [-0.05, 0) is 19.1 Å². The van der Waals surface area contributed by atoms with Crippen LogP contribution in [0, 0.1) is 0 Å². The molecule has 0 spiro atoms. The van der Waals surface area contributed by atoms with Crippen LogP contribution in [0.2, 0.25) is 0 Å². The highest BCUT2D eigenvalue weighted by molar-refractivity contribution is 7.89. The number of phenolic OH excluding ortho intramolecular Hbond substituents is 1. The third-order valence-corrected chi connectivity index (χ3v) is 2.62. The molecule has 1 aromatic carbocycles. The number of ketones is 1. The molecule has 14 heavy (non-hydrogen) atoms. The van der Waals surface area contributed by atoms with E-state index in [0.717, 1.165) is 6.92 Å². The fourth-order valence-corrected chi connectivity index (χ4v) is 1.91. The predicted molar refractivity (Wildman–Crippen MR) is 49.5 cm³/mol. The third-order valence-electron chi connectivity index (χ3n) is 1.66. The van der Waals surface area contributed by atoms with E-state index in [1.807, 2.05) is 0 Å². The van der Waals surface area contributed by atoms with E-state index >= 15 is 0 Å². The number of sulfonamides is 1. The van der Waals surface area contributed by atoms with E-state index < -0.39 is 15.8 Å². The summed E-state index contributed by atoms with van der Waals surface area (Å²) in [5.74, 6) is -0.934. The summed E-state index contributed by atoms with van der Waals surface area (Å²) in [5.41, 5.74) is -0.269. The van der Waals surface area contributed by atoms with Gasteiger partial charge in [0.2, 0.25) is 10.0 Å². The highest BCUT2D eigenvalue weighted by atomic mass is 32.2. The van der Waals surface area contributed by atoms with Crippen molar-refractivity contribution in [2.75, 3.05) is 0 Å². The molecule has 1 rings (SSSR count). The molecule has 0 saturated carbocycles. The molecule has 0 heterocycles. The topological polar surface area (TPSA) is 97.5 Å². The third kappa shape index (κ3) is 1.91. The maximum Gasteiger partial charge on any atom is 0.238 e. The first kappa shape index (κ1) is 10.7. The first-order valence-electron chi connectivity index (χ1n) is 3.69. The van der Waals surface area contributed by atoms with E-state index in [1.54, 1.807) is 0 Å². The van der Waals surface area contributed by atoms with Crippen LogP contribution in [-0.4, -0.2) is 19.3 Å². The number of carbonyl (C=O) groups excluding carboxylic acids is 1. The molecule has 0 aromatic heterocycles. The minimum Gasteiger partial charge on any atom is -0.507 e. The van der Waals surface area contributed by atoms with Gasteiger partial charge < -0.3 is 5.11 Å². The van der Waals surface area contributed by atoms with Crippen molar-refractivity contribution in [3.63, 3.8) is 0 Å². The lowest BCUT2D eigenvalue weighted by Gasteiger charge is -2.05. The molecule has 1 aromatic rings. The maximum atomic E-state index is 11.1. The van der Waals surface area contributed by atoms with Crippen molar-refractivity contribution in [1.82, 2.24) is 0 Å². The smallest absolute Gasteiger partial charge is 0.238 e. The Morgan fingerprint density at radius 3 is 2.36 bits per heavy atom. The monoisotopic (exact) mass is 215 g/mol. The summed E-state index contributed by atoms with van der Waals surface area (Å²) in [4.78, 5) is 10.7. The number of carbonyl (C=O) groups is 1. The molecule has 0 radical (unpaired) electrons. The second-order valence-corrected chi connectivity index (χ2v) is 4.28. The lowest BCUT2D eigenvalue weighted by molar-refractivity contribution is 0.101. The molecule has 0 atom stereocenters. The average Bonchev–Trinajstić information content (AvgIpc) is 2.01. The summed E-state index contributed by atoms with van der Waals surface area (Å²) in [5, 5.41) is 14.2. The van der Waals surface area contributed by atoms with Gasteiger partial charge >= 0.3 is 0 Å². The van der Waals surface area contributed by atoms with Gasteiger partial charge in [0, 0.05) is 0 Å². The first-order chi connectivity index (χ1) is 6.34. The van der Waals surface area contributed by atoms with E-state index in [4.69, 9.17) is 5.14 Å². The van der Waals surface area contributed by atoms with Crippen molar-refractivity contribution in [2.45, 2.75) is 11.8 Å². The predicted octanol–water partition coefficient (Wildman–Crippen LogP) is 0.242. The number of aromatic hydroxyl groups is 1. The van der Waals surface area contributed by atoms with Gasteiger partial charge in [-0.1, -0.05) is 6.07 Å². The average molecular weight is 215 g/mol. The Labute approximate surface area is 81.2 Å². The number of nitrogens with two attached hydrogens (primary N) is 1. The van der Waals surface area contributed by atoms with Crippen molar-refractivity contribution in [2.24, 2.45) is 5.14 Å². The van der Waals surface area contributed by atoms with Gasteiger partial charge in [-0.15, -0.1) is 0 Å². The van der Waals surface area contributed by atoms with Gasteiger partial charge in [0.15, 0.2) is 5.78 Å². The van der Waals surface area contributed by atoms with Crippen LogP contribution in [0.4, 0.5) is 0 Å². The molecular formula is C8H9NO4S. The van der Waals surface area contributed by atoms with Crippen molar-refractivity contribution in [3.8, 4) is 5.75 Å². The molecule has 0 unspecified atom stereocenters. The molecule has 0 bridgehead atoms. The fourth-order valence-electron chi connectivity index (χ4n) is 1.11. The highest BCUT2D eigenvalue weighted by Gasteiger charge is 2.19. The Kier molecular flexibility index (Phi) is 2.59. The van der Waals surface area contributed by atoms with Crippen molar-refractivity contribution in [1.29, 1.82) is 0 Å². The number of hydrogen-bond donors (Lipinski definition) is 2. The van der Waals surface area contributed by atoms with Gasteiger partial charge in [-0.25, -0.2) is 13.6 Å². The molecule has 5 nitrogen and oxygen atoms in total. The molecule has 0 aliphatic carbocycles. The molecule has 3 N–H and O–H groups in total. The Bertz CT molecular complexity index is 478. The Balaban J connectivity index is 3.61. The Hall–Kier alpha value is -1.40. The number of primary sulfonamides is 1. The van der Waals surface area contributed by atoms with Gasteiger partial charge in [0.25, 0.3) is 0 Å². The fraction of sp³-hybridized carbons (Fsp3) is 0.125. The van der Waals surface area contributed by atoms with E-state index in [0.29, 0.717) is 0 Å². The SMILES string of the molecule is CC(=O)c1c(O)cccc1S(N)(=O)=O. The number of phenols is 1. The van der Waals surface area contributed by atoms with Crippen molar-refractivity contribution < 1.29 is 18.3 Å². The van der Waals surface area contributed by atoms with Gasteiger partial charge in [0.1, 0.15) is 5.75 Å². The van der Waals surface area contributed by atoms with Crippen LogP contribution in [0.5, 0.6) is 5.75 Å². The second kappa shape index (κ2) is 3.39. The molecule has 0 amide bonds. The van der Waals surface area contributed by atoms with Crippen LogP contribution >= 0.6 is 0 Å². The Morgan fingerprint density at radius 2 is 2.00 bits per heavy atom. The summed E-state index contributed by atoms with van der Waals surface area (Å²) in [6.45, 7) is 1.16. The van der Waals surface area contributed by atoms with E-state index in [9.17, 15) is 18.3 Å². The largest absolute Gasteiger partial charge is 0.507 e. The van der Waals surface area contributed by atoms with Gasteiger partial charge in [-0.2, -0.15) is 0 Å². The van der Waals surface area contributed by atoms with E-state index in [2.05, 4.69) is 0 Å². The second-order valence-electron chi connectivity index (χ2n) is 2.75. The highest BCUT2D eigenvalue weighted by Crippen LogP contribution is 2.24. The zero-order valence-corrected chi connectivity index (χ0v) is 8.21. The van der Waals surface area contributed by atoms with Gasteiger partial charge in [-0.3, -0.25) is 4.79 Å². The summed E-state index contributed by atoms with van der Waals surface area (Å²) in [7, 11) is -3.98. The maximum absolute atomic E-state index is 11.1. The summed E-state index contributed by atoms with van der Waals surface area (Å²) >= 11 is 0. The number of hydrogen-bond acceptors (Lipinski definition) is 4. The minimum absolute atomic E-state index is 0.269. The molecule has 0 aliphatic heterocycles. The van der Waals surface area contributed by atoms with Crippen LogP contribution in [0.15, 0.2) is 23.1 Å². The van der Waals surface area contributed by atoms with Crippen LogP contribution in [0.3, 0.4) is 0 Å². The van der Waals surface area contributed by atoms with Crippen LogP contribution < -0.4 is 5.14 Å². The first-order valence-corrected chi connectivity index (χ1v) is 5.24. The standard InChI is InChI=1S/C8H9NO4S/c1-5(10)8-6(11)3-2-4-7(8)14(9,12)13/h2-4,11H,1H3,(H2,9,12,13). The molecule has 6 heteroatoms. The van der Waals surface area contributed by atoms with E-state index in [-0.39, 0.29) is 16.2 Å². The van der Waals surface area contributed by atoms with Crippen LogP contribution in [0.1, 0.15) is 17.3 Å². The van der Waals surface area contributed by atoms with E-state index in [1.165, 1.54) is 18.2 Å². The summed E-state index contributed by atoms with van der Waals surface area (Å²) in [6, 6.07) is 3.71. The zero-order chi connectivity index (χ0) is 10.9. The number of rotatable bonds is 2. The lowest BCUT2D eigenvalue weighted by Crippen LogP contribution is -2.16. The van der Waals surface area contributed by atoms with Crippen LogP contribution in [0.25, 0.3) is 0 Å². The van der Waals surface area contributed by atoms with Gasteiger partial charge in [0.05, 0.1) is 10.5 Å². The zero-order valence-electron chi connectivity index (χ0n) is 7.39. The molecule has 76 valence electrons. The normalized spacial score (nSPS) is 11.3. The number of Topliss-reactive ketones (excluding diaryl/α,β-unsaturated/α-hetero) is 1. The number of benzene rings is 1. The van der Waals surface area contributed by atoms with Crippen LogP contribution in [-0.2, 0) is 10.0 Å². The van der Waals surface area contributed by atoms with Crippen molar-refractivity contribution >= 4 is 15.8 Å². The molecular weight excluding hydrogens is 206 g/mol. The summed E-state index contributed by atoms with van der Waals surface area (Å²) in [6.07, 6.45) is 0. The Morgan fingerprint density at radius 1 is 1.43 bits per heavy atom. The minimum atomic E-state index is -3.98. The molecule has 0 saturated heterocycles.